The highest BCUT2D eigenvalue weighted by Crippen LogP contribution is 2.30. The molecule has 0 unspecified atom stereocenters. The van der Waals surface area contributed by atoms with Gasteiger partial charge in [-0.1, -0.05) is 23.3 Å². The number of fused-ring (bicyclic) bond motifs is 3. The summed E-state index contributed by atoms with van der Waals surface area (Å²) in [6.07, 6.45) is 0. The summed E-state index contributed by atoms with van der Waals surface area (Å²) in [7, 11) is 0. The molecule has 0 atom stereocenters. The monoisotopic (exact) mass is 355 g/mol. The molecule has 3 aromatic rings. The van der Waals surface area contributed by atoms with Crippen LogP contribution in [0.25, 0.3) is 21.8 Å². The Hall–Kier alpha value is -1.88. The normalized spacial score (nSPS) is 11.7. The standard InChI is InChI=1S/C22H29NO3/c1-4-24-11-12-26-14-13-25-10-9-23-21-7-5-17(2)15-19(21)20-16-18(3)6-8-22(20)23/h5-8,15-16H,4,9-14H2,1-3H3. The van der Waals surface area contributed by atoms with Gasteiger partial charge in [0.05, 0.1) is 33.0 Å². The lowest BCUT2D eigenvalue weighted by atomic mass is 10.1. The summed E-state index contributed by atoms with van der Waals surface area (Å²) in [5, 5.41) is 2.64. The molecule has 26 heavy (non-hydrogen) atoms. The van der Waals surface area contributed by atoms with Crippen molar-refractivity contribution in [3.63, 3.8) is 0 Å². The Balaban J connectivity index is 1.62. The lowest BCUT2D eigenvalue weighted by Gasteiger charge is -2.09. The van der Waals surface area contributed by atoms with Gasteiger partial charge < -0.3 is 18.8 Å². The van der Waals surface area contributed by atoms with Gasteiger partial charge in [0.1, 0.15) is 0 Å². The lowest BCUT2D eigenvalue weighted by molar-refractivity contribution is 0.0157. The minimum atomic E-state index is 0.610. The van der Waals surface area contributed by atoms with Crippen LogP contribution in [0.4, 0.5) is 0 Å². The van der Waals surface area contributed by atoms with E-state index in [9.17, 15) is 0 Å². The molecule has 0 bridgehead atoms. The second kappa shape index (κ2) is 9.17. The molecule has 0 fully saturated rings. The van der Waals surface area contributed by atoms with Crippen LogP contribution in [-0.4, -0.2) is 44.2 Å². The second-order valence-electron chi connectivity index (χ2n) is 6.61. The fourth-order valence-electron chi connectivity index (χ4n) is 3.31. The highest BCUT2D eigenvalue weighted by Gasteiger charge is 2.10. The quantitative estimate of drug-likeness (QED) is 0.503. The predicted molar refractivity (Wildman–Crippen MR) is 107 cm³/mol. The molecule has 0 aliphatic carbocycles. The van der Waals surface area contributed by atoms with Gasteiger partial charge in [-0.25, -0.2) is 0 Å². The molecule has 140 valence electrons. The maximum Gasteiger partial charge on any atom is 0.0701 e. The Morgan fingerprint density at radius 2 is 1.19 bits per heavy atom. The summed E-state index contributed by atoms with van der Waals surface area (Å²) in [5.74, 6) is 0. The fourth-order valence-corrected chi connectivity index (χ4v) is 3.31. The van der Waals surface area contributed by atoms with Crippen LogP contribution in [0.2, 0.25) is 0 Å². The number of nitrogens with zero attached hydrogens (tertiary/aromatic N) is 1. The molecule has 3 rings (SSSR count). The van der Waals surface area contributed by atoms with Crippen molar-refractivity contribution in [3.05, 3.63) is 47.5 Å². The largest absolute Gasteiger partial charge is 0.379 e. The first kappa shape index (κ1) is 18.9. The van der Waals surface area contributed by atoms with Crippen LogP contribution in [0.5, 0.6) is 0 Å². The summed E-state index contributed by atoms with van der Waals surface area (Å²) in [5.41, 5.74) is 5.12. The van der Waals surface area contributed by atoms with Crippen molar-refractivity contribution in [1.29, 1.82) is 0 Å². The number of aromatic nitrogens is 1. The van der Waals surface area contributed by atoms with Gasteiger partial charge in [-0.3, -0.25) is 0 Å². The first-order valence-electron chi connectivity index (χ1n) is 9.43. The van der Waals surface area contributed by atoms with E-state index in [0.29, 0.717) is 33.0 Å². The molecule has 0 radical (unpaired) electrons. The molecule has 0 saturated heterocycles. The van der Waals surface area contributed by atoms with Gasteiger partial charge >= 0.3 is 0 Å². The minimum Gasteiger partial charge on any atom is -0.379 e. The van der Waals surface area contributed by atoms with Crippen LogP contribution in [-0.2, 0) is 20.8 Å². The predicted octanol–water partition coefficient (Wildman–Crippen LogP) is 4.48. The zero-order valence-corrected chi connectivity index (χ0v) is 16.1. The number of rotatable bonds is 10. The molecule has 4 heteroatoms. The van der Waals surface area contributed by atoms with Gasteiger partial charge in [-0.2, -0.15) is 0 Å². The van der Waals surface area contributed by atoms with E-state index in [-0.39, 0.29) is 0 Å². The average Bonchev–Trinajstić information content (AvgIpc) is 2.93. The fraction of sp³-hybridized carbons (Fsp3) is 0.455. The zero-order valence-electron chi connectivity index (χ0n) is 16.1. The third-order valence-corrected chi connectivity index (χ3v) is 4.58. The van der Waals surface area contributed by atoms with Crippen LogP contribution >= 0.6 is 0 Å². The van der Waals surface area contributed by atoms with Crippen molar-refractivity contribution in [1.82, 2.24) is 4.57 Å². The molecule has 0 aliphatic rings. The molecule has 0 saturated carbocycles. The van der Waals surface area contributed by atoms with Crippen molar-refractivity contribution in [2.45, 2.75) is 27.3 Å². The van der Waals surface area contributed by atoms with Crippen LogP contribution in [0.15, 0.2) is 36.4 Å². The highest BCUT2D eigenvalue weighted by molar-refractivity contribution is 6.08. The molecule has 0 amide bonds. The topological polar surface area (TPSA) is 32.6 Å². The molecule has 4 nitrogen and oxygen atoms in total. The number of ether oxygens (including phenoxy) is 3. The molecular weight excluding hydrogens is 326 g/mol. The molecule has 0 aliphatic heterocycles. The van der Waals surface area contributed by atoms with E-state index in [1.165, 1.54) is 32.9 Å². The summed E-state index contributed by atoms with van der Waals surface area (Å²) >= 11 is 0. The van der Waals surface area contributed by atoms with Crippen molar-refractivity contribution in [2.24, 2.45) is 0 Å². The molecule has 0 spiro atoms. The first-order valence-corrected chi connectivity index (χ1v) is 9.43. The summed E-state index contributed by atoms with van der Waals surface area (Å²) in [6.45, 7) is 11.0. The SMILES string of the molecule is CCOCCOCCOCCn1c2ccc(C)cc2c2cc(C)ccc21. The van der Waals surface area contributed by atoms with Crippen molar-refractivity contribution in [2.75, 3.05) is 39.6 Å². The van der Waals surface area contributed by atoms with Gasteiger partial charge in [-0.05, 0) is 45.0 Å². The third kappa shape index (κ3) is 4.44. The maximum atomic E-state index is 5.77. The molecular formula is C22H29NO3. The molecule has 0 N–H and O–H groups in total. The van der Waals surface area contributed by atoms with E-state index < -0.39 is 0 Å². The summed E-state index contributed by atoms with van der Waals surface area (Å²) in [4.78, 5) is 0. The Labute approximate surface area is 155 Å². The Morgan fingerprint density at radius 1 is 0.692 bits per heavy atom. The number of hydrogen-bond donors (Lipinski definition) is 0. The number of aryl methyl sites for hydroxylation is 2. The second-order valence-corrected chi connectivity index (χ2v) is 6.61. The average molecular weight is 355 g/mol. The van der Waals surface area contributed by atoms with Crippen LogP contribution in [0.3, 0.4) is 0 Å². The zero-order chi connectivity index (χ0) is 18.4. The van der Waals surface area contributed by atoms with E-state index in [0.717, 1.165) is 13.2 Å². The van der Waals surface area contributed by atoms with E-state index >= 15 is 0 Å². The Bertz CT molecular complexity index is 794. The lowest BCUT2D eigenvalue weighted by Crippen LogP contribution is -2.12. The number of benzene rings is 2. The van der Waals surface area contributed by atoms with E-state index in [2.05, 4.69) is 54.8 Å². The minimum absolute atomic E-state index is 0.610. The van der Waals surface area contributed by atoms with E-state index in [4.69, 9.17) is 14.2 Å². The van der Waals surface area contributed by atoms with E-state index in [1.54, 1.807) is 0 Å². The molecule has 2 aromatic carbocycles. The smallest absolute Gasteiger partial charge is 0.0701 e. The molecule has 1 aromatic heterocycles. The van der Waals surface area contributed by atoms with Gasteiger partial charge in [0.15, 0.2) is 0 Å². The van der Waals surface area contributed by atoms with Crippen molar-refractivity contribution in [3.8, 4) is 0 Å². The van der Waals surface area contributed by atoms with Gasteiger partial charge in [-0.15, -0.1) is 0 Å². The van der Waals surface area contributed by atoms with Gasteiger partial charge in [0, 0.05) is 35.0 Å². The van der Waals surface area contributed by atoms with Crippen LogP contribution in [0, 0.1) is 13.8 Å². The third-order valence-electron chi connectivity index (χ3n) is 4.58. The maximum absolute atomic E-state index is 5.77. The first-order chi connectivity index (χ1) is 12.7. The van der Waals surface area contributed by atoms with E-state index in [1.807, 2.05) is 6.92 Å². The Kier molecular flexibility index (Phi) is 6.67. The van der Waals surface area contributed by atoms with Crippen molar-refractivity contribution < 1.29 is 14.2 Å². The van der Waals surface area contributed by atoms with Gasteiger partial charge in [0.25, 0.3) is 0 Å². The molecule has 1 heterocycles. The summed E-state index contributed by atoms with van der Waals surface area (Å²) < 4.78 is 18.9. The van der Waals surface area contributed by atoms with Crippen LogP contribution < -0.4 is 0 Å². The summed E-state index contributed by atoms with van der Waals surface area (Å²) in [6, 6.07) is 13.4. The number of hydrogen-bond acceptors (Lipinski definition) is 3. The van der Waals surface area contributed by atoms with Crippen LogP contribution in [0.1, 0.15) is 18.1 Å². The highest BCUT2D eigenvalue weighted by atomic mass is 16.5. The van der Waals surface area contributed by atoms with Crippen molar-refractivity contribution >= 4 is 21.8 Å². The Morgan fingerprint density at radius 3 is 1.73 bits per heavy atom. The van der Waals surface area contributed by atoms with Gasteiger partial charge in [0.2, 0.25) is 0 Å².